The molecule has 0 spiro atoms. The Kier molecular flexibility index (Phi) is 20.1. The summed E-state index contributed by atoms with van der Waals surface area (Å²) >= 11 is 0. The minimum atomic E-state index is 0.181. The second-order valence-electron chi connectivity index (χ2n) is 6.63. The summed E-state index contributed by atoms with van der Waals surface area (Å²) in [5.41, 5.74) is 7.88. The molecule has 0 radical (unpaired) electrons. The smallest absolute Gasteiger partial charge is 0.160 e. The number of aromatic hydroxyl groups is 1. The van der Waals surface area contributed by atoms with Crippen LogP contribution in [0.15, 0.2) is 67.3 Å². The highest BCUT2D eigenvalue weighted by atomic mass is 16.5. The van der Waals surface area contributed by atoms with Crippen molar-refractivity contribution in [3.8, 4) is 11.5 Å². The maximum atomic E-state index is 9.86. The molecule has 0 unspecified atom stereocenters. The van der Waals surface area contributed by atoms with E-state index in [-0.39, 0.29) is 11.5 Å². The molecule has 1 heterocycles. The van der Waals surface area contributed by atoms with Crippen LogP contribution < -0.4 is 10.5 Å². The Bertz CT molecular complexity index is 912. The number of phenols is 1. The molecule has 1 aromatic heterocycles. The van der Waals surface area contributed by atoms with Crippen LogP contribution in [0, 0.1) is 6.92 Å². The normalized spacial score (nSPS) is 9.52. The van der Waals surface area contributed by atoms with Crippen LogP contribution in [-0.2, 0) is 0 Å². The van der Waals surface area contributed by atoms with E-state index in [4.69, 9.17) is 15.6 Å². The number of H-pyrrole nitrogens is 1. The monoisotopic (exact) mass is 456 g/mol. The van der Waals surface area contributed by atoms with Gasteiger partial charge in [0.05, 0.1) is 7.11 Å². The minimum absolute atomic E-state index is 0.181. The van der Waals surface area contributed by atoms with Crippen molar-refractivity contribution in [1.82, 2.24) is 4.98 Å². The first-order valence-electron chi connectivity index (χ1n) is 11.5. The van der Waals surface area contributed by atoms with Crippen LogP contribution in [0.1, 0.15) is 58.7 Å². The number of aryl methyl sites for hydroxylation is 1. The lowest BCUT2D eigenvalue weighted by molar-refractivity contribution is 0.373. The van der Waals surface area contributed by atoms with Gasteiger partial charge in [-0.1, -0.05) is 84.0 Å². The number of aromatic amines is 1. The largest absolute Gasteiger partial charge is 0.507 e. The van der Waals surface area contributed by atoms with Crippen molar-refractivity contribution in [2.24, 2.45) is 5.73 Å². The van der Waals surface area contributed by atoms with Crippen molar-refractivity contribution < 1.29 is 14.9 Å². The number of hydrogen-bond acceptors (Lipinski definition) is 4. The molecule has 33 heavy (non-hydrogen) atoms. The fourth-order valence-electron chi connectivity index (χ4n) is 2.43. The second kappa shape index (κ2) is 20.7. The maximum absolute atomic E-state index is 9.86. The fraction of sp³-hybridized carbons (Fsp3) is 0.357. The standard InChI is InChI=1S/C13H13NO.C7H8O2.C3H9N.C3H8.C2H6/c1-3-6-12(15)13-9(2)14-11-8-5-4-7-10(11)13;1-9-7-5-3-2-4-6(7)8;1-2-3-4;1-3-2;1-2/h3-8,14-15H,1H2,2H3;2-5,8H,1H3;2-4H2,1H3;3H2,1-2H3;1-2H3/b12-6+;;;;. The van der Waals surface area contributed by atoms with Crippen LogP contribution in [0.3, 0.4) is 0 Å². The Balaban J connectivity index is 0. The van der Waals surface area contributed by atoms with Crippen molar-refractivity contribution in [1.29, 1.82) is 0 Å². The van der Waals surface area contributed by atoms with Crippen molar-refractivity contribution in [2.45, 2.75) is 54.4 Å². The number of aliphatic hydroxyl groups excluding tert-OH is 1. The number of fused-ring (bicyclic) bond motifs is 1. The molecule has 5 nitrogen and oxygen atoms in total. The second-order valence-corrected chi connectivity index (χ2v) is 6.63. The average molecular weight is 457 g/mol. The number of aliphatic hydroxyl groups is 1. The molecule has 0 atom stereocenters. The SMILES string of the molecule is C=C/C=C(/O)c1c(C)[nH]c2ccccc12.CC.CCC.CCCN.COc1ccccc1O. The third-order valence-electron chi connectivity index (χ3n) is 3.80. The number of para-hydroxylation sites is 3. The van der Waals surface area contributed by atoms with Gasteiger partial charge in [0.2, 0.25) is 0 Å². The van der Waals surface area contributed by atoms with E-state index in [1.807, 2.05) is 45.0 Å². The molecular weight excluding hydrogens is 412 g/mol. The van der Waals surface area contributed by atoms with Crippen molar-refractivity contribution in [3.63, 3.8) is 0 Å². The summed E-state index contributed by atoms with van der Waals surface area (Å²) in [7, 11) is 1.52. The maximum Gasteiger partial charge on any atom is 0.160 e. The Morgan fingerprint density at radius 3 is 2.03 bits per heavy atom. The molecule has 5 N–H and O–H groups in total. The summed E-state index contributed by atoms with van der Waals surface area (Å²) in [6.45, 7) is 16.6. The van der Waals surface area contributed by atoms with Gasteiger partial charge in [0.15, 0.2) is 11.5 Å². The number of phenolic OH excluding ortho intramolecular Hbond substituents is 1. The van der Waals surface area contributed by atoms with E-state index in [1.54, 1.807) is 36.4 Å². The number of methoxy groups -OCH3 is 1. The van der Waals surface area contributed by atoms with Crippen LogP contribution >= 0.6 is 0 Å². The first kappa shape index (κ1) is 32.0. The van der Waals surface area contributed by atoms with Gasteiger partial charge < -0.3 is 25.7 Å². The summed E-state index contributed by atoms with van der Waals surface area (Å²) in [5, 5.41) is 19.9. The zero-order valence-electron chi connectivity index (χ0n) is 21.5. The first-order valence-corrected chi connectivity index (χ1v) is 11.5. The Morgan fingerprint density at radius 2 is 1.58 bits per heavy atom. The van der Waals surface area contributed by atoms with E-state index in [1.165, 1.54) is 13.5 Å². The number of ether oxygens (including phenoxy) is 1. The average Bonchev–Trinajstić information content (AvgIpc) is 3.17. The molecule has 3 aromatic rings. The van der Waals surface area contributed by atoms with E-state index in [0.29, 0.717) is 5.75 Å². The Labute approximate surface area is 200 Å². The predicted octanol–water partition coefficient (Wildman–Crippen LogP) is 7.76. The number of aromatic nitrogens is 1. The van der Waals surface area contributed by atoms with E-state index in [0.717, 1.165) is 35.1 Å². The molecular formula is C28H44N2O3. The van der Waals surface area contributed by atoms with E-state index in [2.05, 4.69) is 32.3 Å². The number of rotatable bonds is 4. The number of benzene rings is 2. The third kappa shape index (κ3) is 12.4. The molecule has 5 heteroatoms. The Hall–Kier alpha value is -3.18. The number of hydrogen-bond donors (Lipinski definition) is 4. The molecule has 0 fully saturated rings. The van der Waals surface area contributed by atoms with E-state index < -0.39 is 0 Å². The third-order valence-corrected chi connectivity index (χ3v) is 3.80. The molecule has 0 aliphatic rings. The molecule has 0 saturated heterocycles. The highest BCUT2D eigenvalue weighted by Crippen LogP contribution is 2.27. The topological polar surface area (TPSA) is 91.5 Å². The Morgan fingerprint density at radius 1 is 1.06 bits per heavy atom. The van der Waals surface area contributed by atoms with Crippen molar-refractivity contribution >= 4 is 16.7 Å². The van der Waals surface area contributed by atoms with Crippen LogP contribution in [-0.4, -0.2) is 28.9 Å². The molecule has 0 saturated carbocycles. The lowest BCUT2D eigenvalue weighted by Crippen LogP contribution is -1.93. The predicted molar refractivity (Wildman–Crippen MR) is 145 cm³/mol. The van der Waals surface area contributed by atoms with Crippen LogP contribution in [0.4, 0.5) is 0 Å². The van der Waals surface area contributed by atoms with Crippen molar-refractivity contribution in [3.05, 3.63) is 78.5 Å². The molecule has 2 aromatic carbocycles. The summed E-state index contributed by atoms with van der Waals surface area (Å²) in [4.78, 5) is 3.23. The van der Waals surface area contributed by atoms with Gasteiger partial charge in [-0.15, -0.1) is 0 Å². The highest BCUT2D eigenvalue weighted by molar-refractivity contribution is 5.92. The molecule has 0 amide bonds. The van der Waals surface area contributed by atoms with Gasteiger partial charge in [-0.3, -0.25) is 0 Å². The van der Waals surface area contributed by atoms with Crippen LogP contribution in [0.2, 0.25) is 0 Å². The molecule has 3 rings (SSSR count). The zero-order chi connectivity index (χ0) is 25.6. The van der Waals surface area contributed by atoms with Gasteiger partial charge in [-0.25, -0.2) is 0 Å². The van der Waals surface area contributed by atoms with Crippen LogP contribution in [0.5, 0.6) is 11.5 Å². The van der Waals surface area contributed by atoms with Gasteiger partial charge >= 0.3 is 0 Å². The summed E-state index contributed by atoms with van der Waals surface area (Å²) in [6, 6.07) is 14.7. The molecule has 0 bridgehead atoms. The van der Waals surface area contributed by atoms with Gasteiger partial charge in [-0.05, 0) is 44.2 Å². The quantitative estimate of drug-likeness (QED) is 0.238. The summed E-state index contributed by atoms with van der Waals surface area (Å²) < 4.78 is 4.79. The summed E-state index contributed by atoms with van der Waals surface area (Å²) in [6.07, 6.45) is 5.53. The lowest BCUT2D eigenvalue weighted by Gasteiger charge is -1.99. The lowest BCUT2D eigenvalue weighted by atomic mass is 10.1. The van der Waals surface area contributed by atoms with Gasteiger partial charge in [0.1, 0.15) is 5.76 Å². The number of nitrogens with one attached hydrogen (secondary N) is 1. The highest BCUT2D eigenvalue weighted by Gasteiger charge is 2.10. The fourth-order valence-corrected chi connectivity index (χ4v) is 2.43. The van der Waals surface area contributed by atoms with Gasteiger partial charge in [0.25, 0.3) is 0 Å². The zero-order valence-corrected chi connectivity index (χ0v) is 21.5. The van der Waals surface area contributed by atoms with Crippen LogP contribution in [0.25, 0.3) is 16.7 Å². The number of nitrogens with two attached hydrogens (primary N) is 1. The van der Waals surface area contributed by atoms with Gasteiger partial charge in [0, 0.05) is 22.2 Å². The molecule has 184 valence electrons. The van der Waals surface area contributed by atoms with E-state index >= 15 is 0 Å². The molecule has 0 aliphatic carbocycles. The molecule has 0 aliphatic heterocycles. The van der Waals surface area contributed by atoms with Gasteiger partial charge in [-0.2, -0.15) is 0 Å². The first-order chi connectivity index (χ1) is 15.9. The van der Waals surface area contributed by atoms with E-state index in [9.17, 15) is 5.11 Å². The minimum Gasteiger partial charge on any atom is -0.507 e. The number of allylic oxidation sites excluding steroid dienone is 2. The van der Waals surface area contributed by atoms with Crippen molar-refractivity contribution in [2.75, 3.05) is 13.7 Å². The summed E-state index contributed by atoms with van der Waals surface area (Å²) in [5.74, 6) is 0.942.